The summed E-state index contributed by atoms with van der Waals surface area (Å²) in [7, 11) is -7.35. The molecule has 10 rings (SSSR count). The summed E-state index contributed by atoms with van der Waals surface area (Å²) >= 11 is 13.0. The number of benzene rings is 4. The number of sulfonamides is 1. The first-order chi connectivity index (χ1) is 44.6. The van der Waals surface area contributed by atoms with Crippen molar-refractivity contribution < 1.29 is 45.4 Å². The average Bonchev–Trinajstić information content (AvgIpc) is 1.62. The van der Waals surface area contributed by atoms with Crippen LogP contribution < -0.4 is 35.5 Å². The number of ketones is 1. The van der Waals surface area contributed by atoms with E-state index in [0.717, 1.165) is 126 Å². The van der Waals surface area contributed by atoms with Gasteiger partial charge in [0, 0.05) is 101 Å². The molecule has 4 aromatic carbocycles. The third kappa shape index (κ3) is 19.1. The predicted molar refractivity (Wildman–Crippen MR) is 353 cm³/mol. The summed E-state index contributed by atoms with van der Waals surface area (Å²) in [4.78, 5) is 34.6. The number of halogens is 2. The number of hydrogen-bond acceptors (Lipinski definition) is 18. The van der Waals surface area contributed by atoms with Crippen LogP contribution in [0.5, 0.6) is 11.5 Å². The fourth-order valence-electron chi connectivity index (χ4n) is 13.9. The number of urea groups is 1. The van der Waals surface area contributed by atoms with E-state index in [4.69, 9.17) is 42.1 Å². The Kier molecular flexibility index (Phi) is 25.5. The van der Waals surface area contributed by atoms with Gasteiger partial charge < -0.3 is 45.1 Å². The van der Waals surface area contributed by atoms with Crippen molar-refractivity contribution in [3.8, 4) is 23.6 Å². The number of nitriles is 2. The number of carbonyl (C=O) groups is 2. The highest BCUT2D eigenvalue weighted by molar-refractivity contribution is 7.91. The normalized spacial score (nSPS) is 22.4. The van der Waals surface area contributed by atoms with Crippen LogP contribution in [-0.4, -0.2) is 203 Å². The van der Waals surface area contributed by atoms with Gasteiger partial charge in [0.2, 0.25) is 10.0 Å². The van der Waals surface area contributed by atoms with Gasteiger partial charge in [0.05, 0.1) is 70.7 Å². The lowest BCUT2D eigenvalue weighted by atomic mass is 10.0. The van der Waals surface area contributed by atoms with E-state index in [1.54, 1.807) is 60.7 Å². The van der Waals surface area contributed by atoms with Crippen LogP contribution in [0.1, 0.15) is 110 Å². The molecule has 0 bridgehead atoms. The third-order valence-corrected chi connectivity index (χ3v) is 22.5. The van der Waals surface area contributed by atoms with Crippen LogP contribution in [0.4, 0.5) is 4.79 Å². The van der Waals surface area contributed by atoms with Crippen LogP contribution in [0.25, 0.3) is 0 Å². The van der Waals surface area contributed by atoms with E-state index in [0.29, 0.717) is 137 Å². The topological polar surface area (TPSA) is 260 Å². The molecule has 6 aliphatic rings. The van der Waals surface area contributed by atoms with Gasteiger partial charge in [-0.1, -0.05) is 29.6 Å². The highest BCUT2D eigenvalue weighted by atomic mass is 35.5. The van der Waals surface area contributed by atoms with Crippen molar-refractivity contribution in [2.45, 2.75) is 117 Å². The number of fused-ring (bicyclic) bond motifs is 2. The number of rotatable bonds is 31. The maximum Gasteiger partial charge on any atom is 0.314 e. The van der Waals surface area contributed by atoms with Crippen LogP contribution in [-0.2, 0) is 47.0 Å². The molecule has 2 aliphatic carbocycles. The van der Waals surface area contributed by atoms with Crippen molar-refractivity contribution in [3.05, 3.63) is 116 Å². The number of unbranched alkanes of at least 4 members (excludes halogenated alkanes) is 2. The molecule has 4 saturated heterocycles. The molecule has 2 amide bonds. The second-order valence-corrected chi connectivity index (χ2v) is 29.7. The minimum absolute atomic E-state index is 0.00278. The lowest BCUT2D eigenvalue weighted by Crippen LogP contribution is -2.42. The number of nitrogens with one attached hydrogen (secondary N) is 5. The number of hydrogen-bond donors (Lipinski definition) is 5. The predicted octanol–water partition coefficient (Wildman–Crippen LogP) is 6.81. The van der Waals surface area contributed by atoms with E-state index in [-0.39, 0.29) is 63.6 Å². The highest BCUT2D eigenvalue weighted by Gasteiger charge is 2.42. The average molecular weight is 1340 g/mol. The van der Waals surface area contributed by atoms with Gasteiger partial charge in [-0.3, -0.25) is 19.5 Å². The van der Waals surface area contributed by atoms with Crippen LogP contribution in [0.15, 0.2) is 82.6 Å². The van der Waals surface area contributed by atoms with Crippen LogP contribution in [0.2, 0.25) is 10.0 Å². The lowest BCUT2D eigenvalue weighted by molar-refractivity contribution is -0.119. The number of likely N-dealkylation sites (tertiary alicyclic amines) is 2. The van der Waals surface area contributed by atoms with Gasteiger partial charge in [-0.15, -0.1) is 0 Å². The van der Waals surface area contributed by atoms with Crippen LogP contribution in [0, 0.1) is 28.6 Å². The maximum atomic E-state index is 13.6. The fraction of sp³-hybridized carbons (Fsp3) is 0.582. The van der Waals surface area contributed by atoms with Crippen LogP contribution in [0.3, 0.4) is 0 Å². The Morgan fingerprint density at radius 3 is 1.74 bits per heavy atom. The van der Waals surface area contributed by atoms with Gasteiger partial charge in [-0.05, 0) is 198 Å². The molecule has 25 heteroatoms. The molecule has 0 spiro atoms. The number of nitrogens with zero attached hydrogens (tertiary/aromatic N) is 6. The third-order valence-electron chi connectivity index (χ3n) is 18.6. The summed E-state index contributed by atoms with van der Waals surface area (Å²) in [6, 6.07) is 24.6. The van der Waals surface area contributed by atoms with E-state index in [1.165, 1.54) is 0 Å². The Morgan fingerprint density at radius 1 is 0.598 bits per heavy atom. The standard InChI is InChI=1S/C67H89Cl2N11O10S2/c68-51-37-49(43-70)59-41-63(79-25-5-19-72-22-29-79)65(61(59)39-51)89-55-9-13-57(14-10-55)91(83,84)47-48-17-27-77(45-48)31-36-88-34-24-75-67(82)74-21-3-1-2-7-54(81)8-4-33-87-35-32-78-28-18-53(46-78)76-92(85,86)58-15-11-56(12-16-58)90-66-62-40-52(69)38-50(44-71)60(62)42-64(66)80-26-6-20-73-23-30-80/h9-16,37-40,48,53,63-66,72-73,76H,1-8,17-36,41-42,45-47H2,(H2,74,75,82)/t48-,53-,63-,64+,65-,66+/m0/s1. The molecule has 6 atom stereocenters. The van der Waals surface area contributed by atoms with E-state index < -0.39 is 19.9 Å². The summed E-state index contributed by atoms with van der Waals surface area (Å²) in [5.74, 6) is 1.35. The smallest absolute Gasteiger partial charge is 0.314 e. The van der Waals surface area contributed by atoms with Gasteiger partial charge in [0.25, 0.3) is 0 Å². The molecule has 5 N–H and O–H groups in total. The van der Waals surface area contributed by atoms with Gasteiger partial charge in [-0.2, -0.15) is 10.5 Å². The van der Waals surface area contributed by atoms with Crippen molar-refractivity contribution in [2.75, 3.05) is 137 Å². The Labute approximate surface area is 553 Å². The zero-order valence-corrected chi connectivity index (χ0v) is 55.7. The number of sulfone groups is 1. The van der Waals surface area contributed by atoms with Gasteiger partial charge in [0.15, 0.2) is 9.84 Å². The molecule has 0 aromatic heterocycles. The minimum atomic E-state index is -3.79. The fourth-order valence-corrected chi connectivity index (χ4v) is 17.2. The monoisotopic (exact) mass is 1340 g/mol. The Hall–Kier alpha value is -5.48. The van der Waals surface area contributed by atoms with E-state index >= 15 is 0 Å². The van der Waals surface area contributed by atoms with E-state index in [2.05, 4.69) is 57.7 Å². The van der Waals surface area contributed by atoms with Crippen molar-refractivity contribution >= 4 is 54.9 Å². The summed E-state index contributed by atoms with van der Waals surface area (Å²) in [6.45, 7) is 13.9. The Morgan fingerprint density at radius 2 is 1.14 bits per heavy atom. The quantitative estimate of drug-likeness (QED) is 0.0324. The molecule has 0 saturated carbocycles. The summed E-state index contributed by atoms with van der Waals surface area (Å²) in [6.07, 6.45) is 7.99. The van der Waals surface area contributed by atoms with Crippen molar-refractivity contribution in [3.63, 3.8) is 0 Å². The maximum absolute atomic E-state index is 13.6. The van der Waals surface area contributed by atoms with Crippen molar-refractivity contribution in [2.24, 2.45) is 5.92 Å². The molecule has 0 radical (unpaired) electrons. The molecule has 4 heterocycles. The number of carbonyl (C=O) groups excluding carboxylic acids is 2. The van der Waals surface area contributed by atoms with Gasteiger partial charge >= 0.3 is 6.03 Å². The zero-order chi connectivity index (χ0) is 64.5. The van der Waals surface area contributed by atoms with E-state index in [9.17, 15) is 36.9 Å². The molecule has 4 aliphatic heterocycles. The number of ether oxygens (including phenoxy) is 4. The SMILES string of the molecule is N#Cc1cc(Cl)cc2c1C[C@@H](N1CCCNCC1)[C@@H]2Oc1ccc(S(=O)(=O)N[C@H]2CCN(CCOCCCC(=O)CCCCCNC(=O)NCCOCCN3CC[C@H](CS(=O)(=O)c4ccc(O[C@H]5c6cc(Cl)cc(C#N)c6C[C@@H]5N5CCCNCC5)cc4)C3)C2)cc1. The summed E-state index contributed by atoms with van der Waals surface area (Å²) < 4.78 is 82.1. The molecule has 498 valence electrons. The highest BCUT2D eigenvalue weighted by Crippen LogP contribution is 2.43. The zero-order valence-electron chi connectivity index (χ0n) is 52.6. The molecule has 0 unspecified atom stereocenters. The molecular weight excluding hydrogens is 1250 g/mol. The van der Waals surface area contributed by atoms with Gasteiger partial charge in [-0.25, -0.2) is 26.4 Å². The first-order valence-electron chi connectivity index (χ1n) is 32.9. The summed E-state index contributed by atoms with van der Waals surface area (Å²) in [5.41, 5.74) is 4.84. The Balaban J connectivity index is 0.525. The molecule has 92 heavy (non-hydrogen) atoms. The van der Waals surface area contributed by atoms with E-state index in [1.807, 2.05) is 12.1 Å². The number of Topliss-reactive ketones (excluding diaryl/α,β-unsaturated/α-hetero) is 1. The molecular formula is C67H89Cl2N11O10S2. The lowest BCUT2D eigenvalue weighted by Gasteiger charge is -2.32. The first-order valence-corrected chi connectivity index (χ1v) is 36.8. The minimum Gasteiger partial charge on any atom is -0.484 e. The van der Waals surface area contributed by atoms with Gasteiger partial charge in [0.1, 0.15) is 29.5 Å². The molecule has 4 aromatic rings. The molecule has 4 fully saturated rings. The van der Waals surface area contributed by atoms with Crippen molar-refractivity contribution in [1.82, 2.24) is 45.6 Å². The van der Waals surface area contributed by atoms with Crippen molar-refractivity contribution in [1.29, 1.82) is 10.5 Å². The molecule has 21 nitrogen and oxygen atoms in total. The number of amides is 2. The largest absolute Gasteiger partial charge is 0.484 e. The van der Waals surface area contributed by atoms with Crippen LogP contribution >= 0.6 is 23.2 Å². The second-order valence-electron chi connectivity index (χ2n) is 25.1. The first kappa shape index (κ1) is 69.4. The summed E-state index contributed by atoms with van der Waals surface area (Å²) in [5, 5.41) is 33.4. The Bertz CT molecular complexity index is 3210. The second kappa shape index (κ2) is 33.8.